The first-order valence-electron chi connectivity index (χ1n) is 9.06. The number of fused-ring (bicyclic) bond motifs is 6. The quantitative estimate of drug-likeness (QED) is 0.145. The Bertz CT molecular complexity index is 936. The topological polar surface area (TPSA) is 0 Å². The van der Waals surface area contributed by atoms with E-state index in [2.05, 4.69) is 84.9 Å². The van der Waals surface area contributed by atoms with Gasteiger partial charge in [0.2, 0.25) is 0 Å². The van der Waals surface area contributed by atoms with Gasteiger partial charge in [-0.3, -0.25) is 0 Å². The van der Waals surface area contributed by atoms with Crippen molar-refractivity contribution in [2.24, 2.45) is 0 Å². The molecular weight excluding hydrogens is 527 g/mol. The fraction of sp³-hybridized carbons (Fsp3) is 0.0714. The Morgan fingerprint density at radius 3 is 1.25 bits per heavy atom. The first kappa shape index (κ1) is 32.7. The smallest absolute Gasteiger partial charge is 0.358 e. The summed E-state index contributed by atoms with van der Waals surface area (Å²) >= 11 is 0. The first-order chi connectivity index (χ1) is 12.9. The molecule has 4 heteroatoms. The number of benzene rings is 4. The van der Waals surface area contributed by atoms with Crippen molar-refractivity contribution in [3.63, 3.8) is 0 Å². The molecule has 4 aromatic carbocycles. The normalized spacial score (nSPS) is 10.0. The van der Waals surface area contributed by atoms with E-state index in [4.69, 9.17) is 0 Å². The van der Waals surface area contributed by atoms with Crippen LogP contribution in [0.25, 0.3) is 22.3 Å². The molecule has 0 saturated heterocycles. The van der Waals surface area contributed by atoms with Crippen LogP contribution < -0.4 is 0 Å². The number of rotatable bonds is 0. The zero-order chi connectivity index (χ0) is 17.3. The van der Waals surface area contributed by atoms with E-state index in [9.17, 15) is 0 Å². The maximum Gasteiger partial charge on any atom is 4.00 e. The van der Waals surface area contributed by atoms with Crippen LogP contribution in [0.1, 0.15) is 22.3 Å². The van der Waals surface area contributed by atoms with Gasteiger partial charge in [-0.1, -0.05) is 70.8 Å². The number of hydrogen-bond acceptors (Lipinski definition) is 0. The summed E-state index contributed by atoms with van der Waals surface area (Å²) in [6.45, 7) is 0. The average Bonchev–Trinajstić information content (AvgIpc) is 3.27. The third kappa shape index (κ3) is 6.33. The van der Waals surface area contributed by atoms with E-state index >= 15 is 0 Å². The van der Waals surface area contributed by atoms with Gasteiger partial charge in [0, 0.05) is 0 Å². The summed E-state index contributed by atoms with van der Waals surface area (Å²) in [6, 6.07) is 36.2. The molecule has 0 aliphatic heterocycles. The third-order valence-electron chi connectivity index (χ3n) is 5.23. The molecule has 0 spiro atoms. The number of halogens is 2. The van der Waals surface area contributed by atoms with Gasteiger partial charge in [-0.15, -0.1) is 35.9 Å². The van der Waals surface area contributed by atoms with E-state index < -0.39 is 0 Å². The van der Waals surface area contributed by atoms with Crippen molar-refractivity contribution in [3.8, 4) is 22.3 Å². The van der Waals surface area contributed by atoms with Crippen LogP contribution >= 0.6 is 24.8 Å². The van der Waals surface area contributed by atoms with Gasteiger partial charge in [-0.25, -0.2) is 0 Å². The molecule has 1 radical (unpaired) electrons. The van der Waals surface area contributed by atoms with E-state index in [0.29, 0.717) is 0 Å². The van der Waals surface area contributed by atoms with Crippen molar-refractivity contribution in [2.45, 2.75) is 12.8 Å². The molecule has 6 rings (SSSR count). The molecule has 0 aromatic heterocycles. The molecule has 0 atom stereocenters. The standard InChI is InChI=1S/2C13H9.2CH3.2ClH.H3Si.Zr/c2*1-3-7-12-10(5-1)9-11-6-2-4-8-13(11)12;;;;;;/h2*1-5,7-8H,9H2;2*1H3;2*1H;1H3;/q4*-1;;;;+4. The van der Waals surface area contributed by atoms with Crippen molar-refractivity contribution in [1.82, 2.24) is 0 Å². The molecule has 32 heavy (non-hydrogen) atoms. The Hall–Kier alpha value is -1.44. The van der Waals surface area contributed by atoms with E-state index in [1.165, 1.54) is 44.5 Å². The SMILES string of the molecule is Cl.Cl.[CH3-].[CH3-].[SiH3].[Zr+4].[c-]1cccc2c1Cc1ccccc1-2.[c-]1cccc2c1Cc1ccccc1-2. The zero-order valence-electron chi connectivity index (χ0n) is 18.8. The molecule has 0 saturated carbocycles. The van der Waals surface area contributed by atoms with Gasteiger partial charge < -0.3 is 14.9 Å². The predicted molar refractivity (Wildman–Crippen MR) is 144 cm³/mol. The third-order valence-corrected chi connectivity index (χ3v) is 5.23. The summed E-state index contributed by atoms with van der Waals surface area (Å²) in [5, 5.41) is 0. The van der Waals surface area contributed by atoms with E-state index in [0.717, 1.165) is 12.8 Å². The van der Waals surface area contributed by atoms with Gasteiger partial charge in [-0.2, -0.15) is 59.7 Å². The largest absolute Gasteiger partial charge is 4.00 e. The van der Waals surface area contributed by atoms with Gasteiger partial charge in [0.1, 0.15) is 0 Å². The van der Waals surface area contributed by atoms with Crippen molar-refractivity contribution in [2.75, 3.05) is 0 Å². The van der Waals surface area contributed by atoms with Crippen LogP contribution in [0.4, 0.5) is 0 Å². The van der Waals surface area contributed by atoms with E-state index in [1.807, 2.05) is 12.1 Å². The second-order valence-electron chi connectivity index (χ2n) is 6.79. The fourth-order valence-corrected chi connectivity index (χ4v) is 4.00. The second kappa shape index (κ2) is 14.7. The summed E-state index contributed by atoms with van der Waals surface area (Å²) in [5.41, 5.74) is 11.0. The van der Waals surface area contributed by atoms with Gasteiger partial charge >= 0.3 is 26.2 Å². The predicted octanol–water partition coefficient (Wildman–Crippen LogP) is 6.67. The Morgan fingerprint density at radius 1 is 0.500 bits per heavy atom. The van der Waals surface area contributed by atoms with E-state index in [-0.39, 0.29) is 76.8 Å². The van der Waals surface area contributed by atoms with Crippen molar-refractivity contribution in [1.29, 1.82) is 0 Å². The van der Waals surface area contributed by atoms with Crippen LogP contribution in [0.5, 0.6) is 0 Å². The van der Waals surface area contributed by atoms with Gasteiger partial charge in [-0.05, 0) is 23.8 Å². The van der Waals surface area contributed by atoms with Crippen molar-refractivity contribution < 1.29 is 26.2 Å². The Balaban J connectivity index is 0. The Kier molecular flexibility index (Phi) is 15.0. The van der Waals surface area contributed by atoms with E-state index in [1.54, 1.807) is 0 Å². The summed E-state index contributed by atoms with van der Waals surface area (Å²) in [4.78, 5) is 0. The second-order valence-corrected chi connectivity index (χ2v) is 6.79. The summed E-state index contributed by atoms with van der Waals surface area (Å²) in [6.07, 6.45) is 2.10. The molecule has 0 amide bonds. The molecule has 4 aromatic rings. The fourth-order valence-electron chi connectivity index (χ4n) is 4.00. The van der Waals surface area contributed by atoms with Gasteiger partial charge in [0.05, 0.1) is 0 Å². The summed E-state index contributed by atoms with van der Waals surface area (Å²) < 4.78 is 0. The summed E-state index contributed by atoms with van der Waals surface area (Å²) in [5.74, 6) is 0. The average molecular weight is 556 g/mol. The maximum atomic E-state index is 3.30. The van der Waals surface area contributed by atoms with Gasteiger partial charge in [0.25, 0.3) is 0 Å². The maximum absolute atomic E-state index is 3.30. The van der Waals surface area contributed by atoms with Crippen LogP contribution in [0.15, 0.2) is 84.9 Å². The molecule has 2 aliphatic rings. The Labute approximate surface area is 229 Å². The van der Waals surface area contributed by atoms with Gasteiger partial charge in [0.15, 0.2) is 0 Å². The minimum Gasteiger partial charge on any atom is -0.358 e. The molecular formula is C28H29Cl2SiZr. The molecule has 163 valence electrons. The van der Waals surface area contributed by atoms with Crippen LogP contribution in [0.2, 0.25) is 0 Å². The minimum absolute atomic E-state index is 0. The molecule has 0 fully saturated rings. The molecule has 0 heterocycles. The molecule has 0 bridgehead atoms. The number of hydrogen-bond donors (Lipinski definition) is 0. The molecule has 2 aliphatic carbocycles. The minimum atomic E-state index is 0. The molecule has 0 unspecified atom stereocenters. The van der Waals surface area contributed by atoms with Crippen LogP contribution in [0, 0.1) is 27.0 Å². The zero-order valence-corrected chi connectivity index (χ0v) is 24.9. The van der Waals surface area contributed by atoms with Crippen LogP contribution in [-0.4, -0.2) is 11.0 Å². The first-order valence-corrected chi connectivity index (χ1v) is 9.06. The summed E-state index contributed by atoms with van der Waals surface area (Å²) in [7, 11) is 0. The monoisotopic (exact) mass is 553 g/mol. The van der Waals surface area contributed by atoms with Crippen molar-refractivity contribution in [3.05, 3.63) is 134 Å². The van der Waals surface area contributed by atoms with Crippen LogP contribution in [0.3, 0.4) is 0 Å². The van der Waals surface area contributed by atoms with Crippen molar-refractivity contribution >= 4 is 35.8 Å². The van der Waals surface area contributed by atoms with Crippen LogP contribution in [-0.2, 0) is 39.0 Å². The molecule has 0 N–H and O–H groups in total. The molecule has 0 nitrogen and oxygen atoms in total. The Morgan fingerprint density at radius 2 is 0.844 bits per heavy atom.